The minimum absolute atomic E-state index is 0.0228. The summed E-state index contributed by atoms with van der Waals surface area (Å²) in [7, 11) is 0. The molecule has 6 heteroatoms. The van der Waals surface area contributed by atoms with Crippen LogP contribution in [0.4, 0.5) is 0 Å². The summed E-state index contributed by atoms with van der Waals surface area (Å²) in [6.45, 7) is 10.3. The lowest BCUT2D eigenvalue weighted by molar-refractivity contribution is -0.120. The van der Waals surface area contributed by atoms with Gasteiger partial charge in [0.15, 0.2) is 0 Å². The third-order valence-electron chi connectivity index (χ3n) is 4.68. The lowest BCUT2D eigenvalue weighted by Gasteiger charge is -2.08. The molecule has 2 heterocycles. The van der Waals surface area contributed by atoms with Gasteiger partial charge in [0.1, 0.15) is 0 Å². The van der Waals surface area contributed by atoms with Crippen molar-refractivity contribution in [3.63, 3.8) is 0 Å². The van der Waals surface area contributed by atoms with Crippen LogP contribution in [0.25, 0.3) is 5.95 Å². The molecule has 0 aliphatic heterocycles. The van der Waals surface area contributed by atoms with Crippen molar-refractivity contribution in [1.82, 2.24) is 25.1 Å². The van der Waals surface area contributed by atoms with E-state index in [1.54, 1.807) is 4.68 Å². The van der Waals surface area contributed by atoms with E-state index in [4.69, 9.17) is 0 Å². The highest BCUT2D eigenvalue weighted by atomic mass is 16.1. The Balaban J connectivity index is 1.76. The molecule has 0 unspecified atom stereocenters. The average Bonchev–Trinajstić information content (AvgIpc) is 2.88. The molecule has 0 aliphatic rings. The van der Waals surface area contributed by atoms with Crippen molar-refractivity contribution < 1.29 is 4.79 Å². The van der Waals surface area contributed by atoms with Gasteiger partial charge in [-0.3, -0.25) is 4.79 Å². The molecule has 2 aromatic heterocycles. The third kappa shape index (κ3) is 4.22. The molecule has 140 valence electrons. The van der Waals surface area contributed by atoms with Gasteiger partial charge in [-0.1, -0.05) is 24.3 Å². The molecule has 0 aliphatic carbocycles. The summed E-state index contributed by atoms with van der Waals surface area (Å²) in [5.41, 5.74) is 6.71. The average molecular weight is 363 g/mol. The van der Waals surface area contributed by atoms with Gasteiger partial charge in [0.2, 0.25) is 5.91 Å². The van der Waals surface area contributed by atoms with Crippen LogP contribution in [0.15, 0.2) is 30.3 Å². The Hall–Kier alpha value is -3.02. The van der Waals surface area contributed by atoms with Crippen LogP contribution < -0.4 is 5.32 Å². The molecule has 1 N–H and O–H groups in total. The Kier molecular flexibility index (Phi) is 5.35. The summed E-state index contributed by atoms with van der Waals surface area (Å²) in [4.78, 5) is 21.4. The number of amides is 1. The number of aryl methyl sites for hydroxylation is 4. The van der Waals surface area contributed by atoms with Crippen LogP contribution in [0.2, 0.25) is 0 Å². The van der Waals surface area contributed by atoms with Crippen LogP contribution in [-0.2, 0) is 17.8 Å². The highest BCUT2D eigenvalue weighted by Gasteiger charge is 2.17. The Labute approximate surface area is 159 Å². The van der Waals surface area contributed by atoms with Crippen LogP contribution in [-0.4, -0.2) is 25.7 Å². The summed E-state index contributed by atoms with van der Waals surface area (Å²) in [6, 6.07) is 9.98. The minimum Gasteiger partial charge on any atom is -0.352 e. The van der Waals surface area contributed by atoms with E-state index in [1.807, 2.05) is 65.0 Å². The van der Waals surface area contributed by atoms with Crippen molar-refractivity contribution in [3.8, 4) is 5.95 Å². The fourth-order valence-corrected chi connectivity index (χ4v) is 3.15. The molecular weight excluding hydrogens is 338 g/mol. The summed E-state index contributed by atoms with van der Waals surface area (Å²) >= 11 is 0. The number of benzene rings is 1. The second kappa shape index (κ2) is 7.70. The fraction of sp³-hybridized carbons (Fsp3) is 0.333. The van der Waals surface area contributed by atoms with Crippen molar-refractivity contribution in [3.05, 3.63) is 69.8 Å². The second-order valence-corrected chi connectivity index (χ2v) is 6.89. The van der Waals surface area contributed by atoms with Gasteiger partial charge < -0.3 is 5.32 Å². The maximum atomic E-state index is 12.5. The number of aromatic nitrogens is 4. The van der Waals surface area contributed by atoms with E-state index in [2.05, 4.69) is 20.4 Å². The smallest absolute Gasteiger partial charge is 0.251 e. The Morgan fingerprint density at radius 1 is 1.04 bits per heavy atom. The molecule has 0 saturated carbocycles. The molecule has 1 amide bonds. The summed E-state index contributed by atoms with van der Waals surface area (Å²) in [5.74, 6) is 0.519. The lowest BCUT2D eigenvalue weighted by atomic mass is 10.1. The predicted octanol–water partition coefficient (Wildman–Crippen LogP) is 3.06. The van der Waals surface area contributed by atoms with E-state index in [0.29, 0.717) is 12.5 Å². The molecule has 0 bridgehead atoms. The zero-order chi connectivity index (χ0) is 19.6. The molecule has 6 nitrogen and oxygen atoms in total. The number of hydrogen-bond donors (Lipinski definition) is 1. The van der Waals surface area contributed by atoms with Gasteiger partial charge in [0.25, 0.3) is 5.95 Å². The van der Waals surface area contributed by atoms with Crippen LogP contribution >= 0.6 is 0 Å². The van der Waals surface area contributed by atoms with Gasteiger partial charge in [0, 0.05) is 29.2 Å². The fourth-order valence-electron chi connectivity index (χ4n) is 3.15. The van der Waals surface area contributed by atoms with E-state index in [-0.39, 0.29) is 12.3 Å². The molecule has 27 heavy (non-hydrogen) atoms. The SMILES string of the molecule is Cc1cc(C)nc(-n2nc(C)c(CC(=O)NCc3ccccc3C)c2C)n1. The highest BCUT2D eigenvalue weighted by Crippen LogP contribution is 2.17. The maximum Gasteiger partial charge on any atom is 0.251 e. The molecule has 3 aromatic rings. The lowest BCUT2D eigenvalue weighted by Crippen LogP contribution is -2.25. The Bertz CT molecular complexity index is 970. The highest BCUT2D eigenvalue weighted by molar-refractivity contribution is 5.79. The minimum atomic E-state index is -0.0228. The summed E-state index contributed by atoms with van der Waals surface area (Å²) in [5, 5.41) is 7.56. The van der Waals surface area contributed by atoms with Gasteiger partial charge in [0.05, 0.1) is 12.1 Å². The quantitative estimate of drug-likeness (QED) is 0.756. The number of carbonyl (C=O) groups is 1. The van der Waals surface area contributed by atoms with Gasteiger partial charge in [-0.05, 0) is 51.8 Å². The Morgan fingerprint density at radius 2 is 1.70 bits per heavy atom. The van der Waals surface area contributed by atoms with E-state index in [9.17, 15) is 4.79 Å². The summed E-state index contributed by atoms with van der Waals surface area (Å²) in [6.07, 6.45) is 0.286. The second-order valence-electron chi connectivity index (χ2n) is 6.89. The normalized spacial score (nSPS) is 10.9. The largest absolute Gasteiger partial charge is 0.352 e. The van der Waals surface area contributed by atoms with Gasteiger partial charge >= 0.3 is 0 Å². The van der Waals surface area contributed by atoms with Gasteiger partial charge in [-0.2, -0.15) is 5.10 Å². The first-order chi connectivity index (χ1) is 12.8. The van der Waals surface area contributed by atoms with E-state index < -0.39 is 0 Å². The van der Waals surface area contributed by atoms with Crippen LogP contribution in [0.5, 0.6) is 0 Å². The van der Waals surface area contributed by atoms with Crippen LogP contribution in [0.3, 0.4) is 0 Å². The zero-order valence-corrected chi connectivity index (χ0v) is 16.5. The Morgan fingerprint density at radius 3 is 2.37 bits per heavy atom. The first-order valence-electron chi connectivity index (χ1n) is 9.04. The van der Waals surface area contributed by atoms with Crippen molar-refractivity contribution in [2.75, 3.05) is 0 Å². The number of carbonyl (C=O) groups excluding carboxylic acids is 1. The number of nitrogens with one attached hydrogen (secondary N) is 1. The van der Waals surface area contributed by atoms with E-state index in [0.717, 1.165) is 33.9 Å². The molecule has 0 fully saturated rings. The zero-order valence-electron chi connectivity index (χ0n) is 16.5. The van der Waals surface area contributed by atoms with Crippen molar-refractivity contribution in [2.45, 2.75) is 47.6 Å². The van der Waals surface area contributed by atoms with Gasteiger partial charge in [-0.25, -0.2) is 14.6 Å². The molecule has 0 atom stereocenters. The van der Waals surface area contributed by atoms with Crippen molar-refractivity contribution in [1.29, 1.82) is 0 Å². The first-order valence-corrected chi connectivity index (χ1v) is 9.04. The molecule has 3 rings (SSSR count). The number of hydrogen-bond acceptors (Lipinski definition) is 4. The van der Waals surface area contributed by atoms with E-state index >= 15 is 0 Å². The summed E-state index contributed by atoms with van der Waals surface area (Å²) < 4.78 is 1.72. The monoisotopic (exact) mass is 363 g/mol. The van der Waals surface area contributed by atoms with E-state index in [1.165, 1.54) is 5.56 Å². The first kappa shape index (κ1) is 18.8. The van der Waals surface area contributed by atoms with Crippen molar-refractivity contribution in [2.24, 2.45) is 0 Å². The molecule has 0 saturated heterocycles. The third-order valence-corrected chi connectivity index (χ3v) is 4.68. The maximum absolute atomic E-state index is 12.5. The molecular formula is C21H25N5O. The predicted molar refractivity (Wildman–Crippen MR) is 105 cm³/mol. The van der Waals surface area contributed by atoms with Crippen LogP contribution in [0, 0.1) is 34.6 Å². The number of nitrogens with zero attached hydrogens (tertiary/aromatic N) is 4. The number of rotatable bonds is 5. The topological polar surface area (TPSA) is 72.7 Å². The van der Waals surface area contributed by atoms with Crippen molar-refractivity contribution >= 4 is 5.91 Å². The molecule has 0 radical (unpaired) electrons. The van der Waals surface area contributed by atoms with Gasteiger partial charge in [-0.15, -0.1) is 0 Å². The van der Waals surface area contributed by atoms with Crippen LogP contribution in [0.1, 0.15) is 39.5 Å². The molecule has 0 spiro atoms. The molecule has 1 aromatic carbocycles. The standard InChI is InChI=1S/C21H25N5O/c1-13-8-6-7-9-18(13)12-22-20(27)11-19-16(4)25-26(17(19)5)21-23-14(2)10-15(3)24-21/h6-10H,11-12H2,1-5H3,(H,22,27).